The molecule has 0 atom stereocenters. The lowest BCUT2D eigenvalue weighted by Crippen LogP contribution is -2.33. The number of carbonyl (C=O) groups excluding carboxylic acids is 2. The number of nitriles is 1. The molecular formula is C53H42N10O18. The van der Waals surface area contributed by atoms with Gasteiger partial charge in [-0.05, 0) is 79.4 Å². The average Bonchev–Trinajstić information content (AvgIpc) is 3.56. The molecule has 0 unspecified atom stereocenters. The van der Waals surface area contributed by atoms with Crippen LogP contribution in [0, 0.1) is 24.8 Å². The third kappa shape index (κ3) is 13.0. The van der Waals surface area contributed by atoms with Crippen molar-refractivity contribution in [3.63, 3.8) is 0 Å². The van der Waals surface area contributed by atoms with E-state index < -0.39 is 145 Å². The Bertz CT molecular complexity index is 3910. The molecular weight excluding hydrogens is 1060 g/mol. The highest BCUT2D eigenvalue weighted by Crippen LogP contribution is 2.38. The summed E-state index contributed by atoms with van der Waals surface area (Å²) in [5.41, 5.74) is -9.76. The monoisotopic (exact) mass is 1110 g/mol. The van der Waals surface area contributed by atoms with Gasteiger partial charge in [0.1, 0.15) is 28.7 Å². The minimum absolute atomic E-state index is 0.0889. The molecule has 0 aliphatic heterocycles. The van der Waals surface area contributed by atoms with Crippen molar-refractivity contribution in [2.75, 3.05) is 13.1 Å². The number of carboxylic acids is 6. The lowest BCUT2D eigenvalue weighted by molar-refractivity contribution is 0.0675. The minimum atomic E-state index is -1.76. The molecule has 81 heavy (non-hydrogen) atoms. The van der Waals surface area contributed by atoms with Crippen molar-refractivity contribution in [1.29, 1.82) is 5.26 Å². The van der Waals surface area contributed by atoms with Gasteiger partial charge in [-0.15, -0.1) is 20.5 Å². The lowest BCUT2D eigenvalue weighted by Gasteiger charge is -2.16. The first-order valence-electron chi connectivity index (χ1n) is 23.6. The first-order chi connectivity index (χ1) is 38.5. The molecule has 2 heterocycles. The Morgan fingerprint density at radius 1 is 0.556 bits per heavy atom. The number of hydrogen-bond acceptors (Lipinski definition) is 17. The third-order valence-electron chi connectivity index (χ3n) is 12.1. The third-order valence-corrected chi connectivity index (χ3v) is 12.1. The number of hydrogen-bond donors (Lipinski definition) is 10. The van der Waals surface area contributed by atoms with Crippen LogP contribution in [0.3, 0.4) is 0 Å². The predicted molar refractivity (Wildman–Crippen MR) is 278 cm³/mol. The number of pyridine rings is 2. The van der Waals surface area contributed by atoms with Crippen molar-refractivity contribution in [3.8, 4) is 29.0 Å². The van der Waals surface area contributed by atoms with E-state index in [9.17, 15) is 94.1 Å². The Balaban J connectivity index is 1.15. The van der Waals surface area contributed by atoms with E-state index in [2.05, 4.69) is 35.9 Å². The van der Waals surface area contributed by atoms with Crippen LogP contribution in [0.1, 0.15) is 120 Å². The molecule has 10 N–H and O–H groups in total. The molecule has 0 aliphatic rings. The molecule has 0 aliphatic carbocycles. The van der Waals surface area contributed by atoms with Crippen molar-refractivity contribution in [1.82, 2.24) is 19.8 Å². The van der Waals surface area contributed by atoms with Gasteiger partial charge in [-0.3, -0.25) is 28.3 Å². The van der Waals surface area contributed by atoms with Crippen LogP contribution in [0.4, 0.5) is 28.4 Å². The number of aromatic carboxylic acids is 6. The Labute approximate surface area is 453 Å². The van der Waals surface area contributed by atoms with E-state index in [0.717, 1.165) is 41.0 Å². The molecule has 2 amide bonds. The number of benzene rings is 4. The Kier molecular flexibility index (Phi) is 18.4. The maximum atomic E-state index is 14.1. The summed E-state index contributed by atoms with van der Waals surface area (Å²) in [6.07, 6.45) is 1.14. The van der Waals surface area contributed by atoms with Crippen LogP contribution in [0.15, 0.2) is 109 Å². The average molecular weight is 1110 g/mol. The lowest BCUT2D eigenvalue weighted by atomic mass is 9.97. The summed E-state index contributed by atoms with van der Waals surface area (Å²) in [4.78, 5) is 130. The van der Waals surface area contributed by atoms with Gasteiger partial charge in [0.05, 0.1) is 51.1 Å². The molecule has 6 rings (SSSR count). The van der Waals surface area contributed by atoms with Crippen molar-refractivity contribution in [2.45, 2.75) is 45.7 Å². The molecule has 4 aromatic carbocycles. The zero-order valence-electron chi connectivity index (χ0n) is 41.9. The number of aromatic hydroxyl groups is 2. The van der Waals surface area contributed by atoms with Crippen LogP contribution in [0.25, 0.3) is 16.0 Å². The normalized spacial score (nSPS) is 11.0. The number of carbonyl (C=O) groups is 8. The zero-order chi connectivity index (χ0) is 59.4. The van der Waals surface area contributed by atoms with Gasteiger partial charge in [0.15, 0.2) is 11.6 Å². The highest BCUT2D eigenvalue weighted by Gasteiger charge is 2.28. The number of nitrogens with one attached hydrogen (secondary N) is 2. The van der Waals surface area contributed by atoms with Crippen LogP contribution in [0.2, 0.25) is 0 Å². The number of rotatable bonds is 23. The van der Waals surface area contributed by atoms with E-state index in [1.165, 1.54) is 31.2 Å². The largest absolute Gasteiger partial charge is 0.503 e. The second-order valence-corrected chi connectivity index (χ2v) is 17.1. The molecule has 0 fully saturated rings. The van der Waals surface area contributed by atoms with Crippen LogP contribution in [-0.2, 0) is 13.1 Å². The van der Waals surface area contributed by atoms with Crippen molar-refractivity contribution >= 4 is 76.1 Å². The van der Waals surface area contributed by atoms with Crippen LogP contribution in [0.5, 0.6) is 11.8 Å². The highest BCUT2D eigenvalue weighted by molar-refractivity contribution is 6.12. The second-order valence-electron chi connectivity index (χ2n) is 17.1. The first kappa shape index (κ1) is 58.6. The molecule has 0 spiro atoms. The standard InChI is InChI=1S/C53H42N10O18/c1-25-39(55-2)45(67)62(46(68)40(25)60-58-36-20-27(48(70)71)12-14-29(36)50(74)75)18-9-4-3-8-16-56-42(64)31-22-34(53(80)81)32(23-33(31)52(78)79)43(65)57-17-19-63-44(66)35(24-54)38(26-10-6-5-7-11-26)41(47(63)69)61-59-37-21-28(49(72)73)13-15-30(37)51(76)77/h5-7,10-15,20-23,66-67H,3-4,8-9,16-19H2,1H3,(H,56,64)(H,57,65)(H,70,71)(H,72,73)(H,74,75)(H,76,77)(H,78,79)(H,80,81). The number of carboxylic acid groups (broad SMARTS) is 6. The summed E-state index contributed by atoms with van der Waals surface area (Å²) >= 11 is 0. The number of amides is 2. The first-order valence-corrected chi connectivity index (χ1v) is 23.6. The maximum Gasteiger partial charge on any atom is 0.337 e. The van der Waals surface area contributed by atoms with E-state index >= 15 is 0 Å². The van der Waals surface area contributed by atoms with Crippen molar-refractivity contribution in [2.24, 2.45) is 20.5 Å². The van der Waals surface area contributed by atoms with E-state index in [0.29, 0.717) is 29.5 Å². The zero-order valence-corrected chi connectivity index (χ0v) is 41.9. The Hall–Kier alpha value is -11.7. The van der Waals surface area contributed by atoms with Crippen LogP contribution >= 0.6 is 0 Å². The molecule has 28 nitrogen and oxygen atoms in total. The molecule has 0 bridgehead atoms. The van der Waals surface area contributed by atoms with Gasteiger partial charge in [0.2, 0.25) is 11.6 Å². The number of azo groups is 2. The number of unbranched alkanes of at least 4 members (excludes halogenated alkanes) is 3. The van der Waals surface area contributed by atoms with Gasteiger partial charge in [-0.25, -0.2) is 33.6 Å². The summed E-state index contributed by atoms with van der Waals surface area (Å²) in [6, 6.07) is 16.4. The van der Waals surface area contributed by atoms with Crippen LogP contribution in [-0.4, -0.2) is 111 Å². The molecule has 2 aromatic heterocycles. The van der Waals surface area contributed by atoms with Crippen LogP contribution < -0.4 is 21.8 Å². The molecule has 28 heteroatoms. The number of aromatic nitrogens is 2. The van der Waals surface area contributed by atoms with Gasteiger partial charge >= 0.3 is 35.8 Å². The maximum absolute atomic E-state index is 14.1. The predicted octanol–water partition coefficient (Wildman–Crippen LogP) is 7.26. The SMILES string of the molecule is [C-]#[N+]c1c(C)c(N=Nc2cc(C(=O)O)ccc2C(=O)O)c(=O)n(CCCCCCNC(=O)c2cc(C(=O)O)c(C(=O)NCCn3c(O)c(C#N)c(-c4ccccc4)c(N=Nc4cc(C(=O)O)ccc4C(=O)O)c3=O)cc2C(=O)O)c1O. The molecule has 0 saturated carbocycles. The minimum Gasteiger partial charge on any atom is -0.503 e. The summed E-state index contributed by atoms with van der Waals surface area (Å²) in [6.45, 7) is 7.32. The van der Waals surface area contributed by atoms with Gasteiger partial charge in [0.25, 0.3) is 22.9 Å². The summed E-state index contributed by atoms with van der Waals surface area (Å²) in [7, 11) is 0. The fraction of sp³-hybridized carbons (Fsp3) is 0.170. The smallest absolute Gasteiger partial charge is 0.337 e. The molecule has 0 saturated heterocycles. The fourth-order valence-electron chi connectivity index (χ4n) is 8.05. The van der Waals surface area contributed by atoms with Gasteiger partial charge < -0.3 is 51.5 Å². The summed E-state index contributed by atoms with van der Waals surface area (Å²) < 4.78 is 1.44. The van der Waals surface area contributed by atoms with Crippen molar-refractivity contribution in [3.05, 3.63) is 167 Å². The topological polar surface area (TPSA) is 444 Å². The molecule has 412 valence electrons. The van der Waals surface area contributed by atoms with E-state index in [4.69, 9.17) is 6.57 Å². The van der Waals surface area contributed by atoms with Gasteiger partial charge in [-0.2, -0.15) is 5.26 Å². The Morgan fingerprint density at radius 2 is 1.02 bits per heavy atom. The Morgan fingerprint density at radius 3 is 1.51 bits per heavy atom. The van der Waals surface area contributed by atoms with Crippen molar-refractivity contribution < 1.29 is 79.2 Å². The van der Waals surface area contributed by atoms with Gasteiger partial charge in [0, 0.05) is 31.7 Å². The summed E-state index contributed by atoms with van der Waals surface area (Å²) in [5, 5.41) is 111. The molecule has 0 radical (unpaired) electrons. The second kappa shape index (κ2) is 25.4. The highest BCUT2D eigenvalue weighted by atomic mass is 16.4. The quantitative estimate of drug-likeness (QED) is 0.0171. The van der Waals surface area contributed by atoms with E-state index in [1.807, 2.05) is 0 Å². The molecule has 6 aromatic rings. The number of nitrogens with zero attached hydrogens (tertiary/aromatic N) is 8. The fourth-order valence-corrected chi connectivity index (χ4v) is 8.05. The van der Waals surface area contributed by atoms with Gasteiger partial charge in [-0.1, -0.05) is 43.2 Å². The van der Waals surface area contributed by atoms with E-state index in [-0.39, 0.29) is 59.4 Å². The summed E-state index contributed by atoms with van der Waals surface area (Å²) in [5.74, 6) is -13.2. The van der Waals surface area contributed by atoms with E-state index in [1.54, 1.807) is 12.1 Å².